The quantitative estimate of drug-likeness (QED) is 0.152. The minimum atomic E-state index is -0.666. The molecule has 3 N–H and O–H groups in total. The number of halogens is 1. The van der Waals surface area contributed by atoms with Crippen LogP contribution in [0.2, 0.25) is 0 Å². The molecule has 2 amide bonds. The summed E-state index contributed by atoms with van der Waals surface area (Å²) < 4.78 is 26.2. The maximum Gasteiger partial charge on any atom is 0.271 e. The molecule has 1 atom stereocenters. The first-order chi connectivity index (χ1) is 25.2. The SMILES string of the molecule is CCOc1ccn(-c2ccc(F)cc2)c(=O)c1C(=O)Nc1ccc(Oc2ccnc(Nc3ccc(NC(=O)C(C)N4CCN(C)CC4)cc3)n2)cc1. The first kappa shape index (κ1) is 35.7. The van der Waals surface area contributed by atoms with Gasteiger partial charge in [-0.05, 0) is 99.8 Å². The van der Waals surface area contributed by atoms with Gasteiger partial charge in [-0.1, -0.05) is 0 Å². The number of anilines is 4. The fourth-order valence-corrected chi connectivity index (χ4v) is 5.58. The summed E-state index contributed by atoms with van der Waals surface area (Å²) >= 11 is 0. The van der Waals surface area contributed by atoms with Gasteiger partial charge in [0.25, 0.3) is 11.5 Å². The third-order valence-electron chi connectivity index (χ3n) is 8.52. The Balaban J connectivity index is 1.06. The number of ether oxygens (including phenoxy) is 2. The molecule has 6 rings (SSSR count). The Morgan fingerprint density at radius 3 is 2.21 bits per heavy atom. The molecular formula is C38H39FN8O5. The third kappa shape index (κ3) is 8.78. The molecule has 2 aromatic heterocycles. The fraction of sp³-hybridized carbons (Fsp3) is 0.237. The van der Waals surface area contributed by atoms with Crippen molar-refractivity contribution in [2.75, 3.05) is 55.8 Å². The molecular weight excluding hydrogens is 667 g/mol. The van der Waals surface area contributed by atoms with Gasteiger partial charge < -0.3 is 30.3 Å². The first-order valence-electron chi connectivity index (χ1n) is 16.8. The largest absolute Gasteiger partial charge is 0.493 e. The second kappa shape index (κ2) is 16.3. The van der Waals surface area contributed by atoms with E-state index in [0.717, 1.165) is 31.9 Å². The number of nitrogens with zero attached hydrogens (tertiary/aromatic N) is 5. The molecule has 5 aromatic rings. The van der Waals surface area contributed by atoms with Crippen LogP contribution < -0.4 is 31.0 Å². The minimum absolute atomic E-state index is 0.0476. The summed E-state index contributed by atoms with van der Waals surface area (Å²) in [7, 11) is 2.09. The van der Waals surface area contributed by atoms with Gasteiger partial charge in [0.05, 0.1) is 12.6 Å². The predicted molar refractivity (Wildman–Crippen MR) is 197 cm³/mol. The van der Waals surface area contributed by atoms with Crippen LogP contribution in [-0.4, -0.2) is 82.0 Å². The van der Waals surface area contributed by atoms with Crippen molar-refractivity contribution in [3.63, 3.8) is 0 Å². The average molecular weight is 707 g/mol. The van der Waals surface area contributed by atoms with E-state index >= 15 is 0 Å². The van der Waals surface area contributed by atoms with Crippen molar-refractivity contribution < 1.29 is 23.5 Å². The Hall–Kier alpha value is -6.12. The van der Waals surface area contributed by atoms with Gasteiger partial charge in [0.15, 0.2) is 0 Å². The molecule has 0 saturated carbocycles. The molecule has 0 radical (unpaired) electrons. The van der Waals surface area contributed by atoms with E-state index in [1.54, 1.807) is 43.5 Å². The molecule has 1 aliphatic heterocycles. The molecule has 0 bridgehead atoms. The molecule has 1 aliphatic rings. The van der Waals surface area contributed by atoms with Crippen molar-refractivity contribution in [1.29, 1.82) is 0 Å². The van der Waals surface area contributed by atoms with E-state index < -0.39 is 17.3 Å². The number of piperazine rings is 1. The monoisotopic (exact) mass is 706 g/mol. The van der Waals surface area contributed by atoms with E-state index in [0.29, 0.717) is 28.8 Å². The first-order valence-corrected chi connectivity index (χ1v) is 16.8. The normalized spacial score (nSPS) is 13.9. The average Bonchev–Trinajstić information content (AvgIpc) is 3.14. The summed E-state index contributed by atoms with van der Waals surface area (Å²) in [5.74, 6) is 0.00697. The van der Waals surface area contributed by atoms with Gasteiger partial charge >= 0.3 is 0 Å². The van der Waals surface area contributed by atoms with Crippen LogP contribution in [0.25, 0.3) is 5.69 Å². The van der Waals surface area contributed by atoms with Crippen molar-refractivity contribution in [1.82, 2.24) is 24.3 Å². The maximum absolute atomic E-state index is 13.5. The summed E-state index contributed by atoms with van der Waals surface area (Å²) in [5, 5.41) is 8.87. The van der Waals surface area contributed by atoms with Crippen LogP contribution in [0.5, 0.6) is 17.4 Å². The lowest BCUT2D eigenvalue weighted by atomic mass is 10.2. The Bertz CT molecular complexity index is 2070. The highest BCUT2D eigenvalue weighted by Gasteiger charge is 2.24. The minimum Gasteiger partial charge on any atom is -0.493 e. The van der Waals surface area contributed by atoms with Crippen LogP contribution in [0.1, 0.15) is 24.2 Å². The number of amides is 2. The number of rotatable bonds is 12. The van der Waals surface area contributed by atoms with Gasteiger partial charge in [-0.15, -0.1) is 0 Å². The Morgan fingerprint density at radius 2 is 1.52 bits per heavy atom. The van der Waals surface area contributed by atoms with Gasteiger partial charge in [0.1, 0.15) is 22.9 Å². The van der Waals surface area contributed by atoms with Crippen molar-refractivity contribution >= 4 is 34.8 Å². The Kier molecular flexibility index (Phi) is 11.2. The second-order valence-electron chi connectivity index (χ2n) is 12.1. The lowest BCUT2D eigenvalue weighted by molar-refractivity contribution is -0.121. The summed E-state index contributed by atoms with van der Waals surface area (Å²) in [6.07, 6.45) is 3.04. The van der Waals surface area contributed by atoms with Crippen molar-refractivity contribution in [3.8, 4) is 23.1 Å². The lowest BCUT2D eigenvalue weighted by Crippen LogP contribution is -2.51. The number of benzene rings is 3. The number of hydrogen-bond donors (Lipinski definition) is 3. The molecule has 14 heteroatoms. The third-order valence-corrected chi connectivity index (χ3v) is 8.52. The highest BCUT2D eigenvalue weighted by molar-refractivity contribution is 6.06. The van der Waals surface area contributed by atoms with Crippen LogP contribution >= 0.6 is 0 Å². The van der Waals surface area contributed by atoms with E-state index in [2.05, 4.69) is 42.8 Å². The zero-order chi connectivity index (χ0) is 36.6. The number of pyridine rings is 1. The van der Waals surface area contributed by atoms with E-state index in [1.165, 1.54) is 41.1 Å². The topological polar surface area (TPSA) is 143 Å². The summed E-state index contributed by atoms with van der Waals surface area (Å²) in [6.45, 7) is 7.52. The molecule has 1 saturated heterocycles. The number of aromatic nitrogens is 3. The number of carbonyl (C=O) groups is 2. The van der Waals surface area contributed by atoms with Crippen LogP contribution in [0.3, 0.4) is 0 Å². The molecule has 3 aromatic carbocycles. The summed E-state index contributed by atoms with van der Waals surface area (Å²) in [5.41, 5.74) is 1.42. The lowest BCUT2D eigenvalue weighted by Gasteiger charge is -2.35. The molecule has 52 heavy (non-hydrogen) atoms. The van der Waals surface area contributed by atoms with Crippen LogP contribution in [0, 0.1) is 5.82 Å². The molecule has 3 heterocycles. The van der Waals surface area contributed by atoms with Gasteiger partial charge in [-0.2, -0.15) is 4.98 Å². The van der Waals surface area contributed by atoms with Crippen molar-refractivity contribution in [3.05, 3.63) is 119 Å². The fourth-order valence-electron chi connectivity index (χ4n) is 5.58. The summed E-state index contributed by atoms with van der Waals surface area (Å²) in [4.78, 5) is 52.7. The number of nitrogens with one attached hydrogen (secondary N) is 3. The second-order valence-corrected chi connectivity index (χ2v) is 12.1. The number of hydrogen-bond acceptors (Lipinski definition) is 10. The Morgan fingerprint density at radius 1 is 0.865 bits per heavy atom. The molecule has 0 spiro atoms. The number of likely N-dealkylation sites (N-methyl/N-ethyl adjacent to an activating group) is 1. The highest BCUT2D eigenvalue weighted by atomic mass is 19.1. The maximum atomic E-state index is 13.5. The van der Waals surface area contributed by atoms with Gasteiger partial charge in [-0.3, -0.25) is 23.9 Å². The van der Waals surface area contributed by atoms with Crippen molar-refractivity contribution in [2.45, 2.75) is 19.9 Å². The summed E-state index contributed by atoms with van der Waals surface area (Å²) in [6, 6.07) is 22.1. The van der Waals surface area contributed by atoms with E-state index in [9.17, 15) is 18.8 Å². The van der Waals surface area contributed by atoms with Crippen LogP contribution in [0.4, 0.5) is 27.4 Å². The molecule has 268 valence electrons. The standard InChI is InChI=1S/C38H39FN8O5/c1-4-51-32-18-20-47(30-13-5-26(39)6-14-30)37(50)34(32)36(49)42-28-11-15-31(16-12-28)52-33-17-19-40-38(44-33)43-29-9-7-27(8-10-29)41-35(48)25(2)46-23-21-45(3)22-24-46/h5-20,25H,4,21-24H2,1-3H3,(H,41,48)(H,42,49)(H,40,43,44). The molecule has 0 aliphatic carbocycles. The van der Waals surface area contributed by atoms with Crippen molar-refractivity contribution in [2.24, 2.45) is 0 Å². The van der Waals surface area contributed by atoms with E-state index in [-0.39, 0.29) is 35.7 Å². The molecule has 1 fully saturated rings. The van der Waals surface area contributed by atoms with E-state index in [4.69, 9.17) is 9.47 Å². The zero-order valence-corrected chi connectivity index (χ0v) is 29.0. The molecule has 1 unspecified atom stereocenters. The highest BCUT2D eigenvalue weighted by Crippen LogP contribution is 2.25. The zero-order valence-electron chi connectivity index (χ0n) is 29.0. The van der Waals surface area contributed by atoms with Crippen LogP contribution in [-0.2, 0) is 4.79 Å². The Labute approximate surface area is 300 Å². The van der Waals surface area contributed by atoms with Gasteiger partial charge in [0, 0.05) is 67.4 Å². The molecule has 13 nitrogen and oxygen atoms in total. The number of carbonyl (C=O) groups excluding carboxylic acids is 2. The van der Waals surface area contributed by atoms with Crippen LogP contribution in [0.15, 0.2) is 102 Å². The smallest absolute Gasteiger partial charge is 0.271 e. The van der Waals surface area contributed by atoms with Gasteiger partial charge in [-0.25, -0.2) is 9.37 Å². The predicted octanol–water partition coefficient (Wildman–Crippen LogP) is 5.53. The van der Waals surface area contributed by atoms with E-state index in [1.807, 2.05) is 31.2 Å². The van der Waals surface area contributed by atoms with Gasteiger partial charge in [0.2, 0.25) is 17.7 Å².